The molecule has 106 valence electrons. The summed E-state index contributed by atoms with van der Waals surface area (Å²) in [4.78, 5) is 0. The average Bonchev–Trinajstić information content (AvgIpc) is 2.46. The van der Waals surface area contributed by atoms with Crippen molar-refractivity contribution in [1.29, 1.82) is 0 Å². The number of hydrogen-bond donors (Lipinski definition) is 1. The Morgan fingerprint density at radius 1 is 1.00 bits per heavy atom. The van der Waals surface area contributed by atoms with Crippen LogP contribution < -0.4 is 10.1 Å². The van der Waals surface area contributed by atoms with Gasteiger partial charge in [-0.1, -0.05) is 24.3 Å². The van der Waals surface area contributed by atoms with Crippen LogP contribution in [0.1, 0.15) is 16.7 Å². The van der Waals surface area contributed by atoms with Gasteiger partial charge in [0.25, 0.3) is 0 Å². The molecular weight excluding hydrogens is 250 g/mol. The highest BCUT2D eigenvalue weighted by Gasteiger charge is 2.00. The summed E-state index contributed by atoms with van der Waals surface area (Å²) < 4.78 is 10.4. The smallest absolute Gasteiger partial charge is 0.121 e. The van der Waals surface area contributed by atoms with Crippen molar-refractivity contribution in [3.05, 3.63) is 59.2 Å². The lowest BCUT2D eigenvalue weighted by Crippen LogP contribution is -2.01. The fourth-order valence-electron chi connectivity index (χ4n) is 2.19. The molecule has 2 rings (SSSR count). The Labute approximate surface area is 120 Å². The minimum absolute atomic E-state index is 0.648. The summed E-state index contributed by atoms with van der Waals surface area (Å²) in [5.41, 5.74) is 4.66. The predicted octanol–water partition coefficient (Wildman–Crippen LogP) is 3.76. The highest BCUT2D eigenvalue weighted by molar-refractivity contribution is 5.51. The van der Waals surface area contributed by atoms with Crippen molar-refractivity contribution in [1.82, 2.24) is 0 Å². The number of rotatable bonds is 6. The molecule has 0 heterocycles. The van der Waals surface area contributed by atoms with Crippen LogP contribution in [0, 0.1) is 6.92 Å². The van der Waals surface area contributed by atoms with Crippen LogP contribution in [0.25, 0.3) is 0 Å². The Bertz CT molecular complexity index is 567. The molecule has 0 fully saturated rings. The summed E-state index contributed by atoms with van der Waals surface area (Å²) in [5, 5.41) is 3.43. The van der Waals surface area contributed by atoms with Crippen LogP contribution >= 0.6 is 0 Å². The van der Waals surface area contributed by atoms with Gasteiger partial charge >= 0.3 is 0 Å². The van der Waals surface area contributed by atoms with E-state index in [-0.39, 0.29) is 0 Å². The summed E-state index contributed by atoms with van der Waals surface area (Å²) in [7, 11) is 3.40. The largest absolute Gasteiger partial charge is 0.496 e. The van der Waals surface area contributed by atoms with E-state index in [9.17, 15) is 0 Å². The highest BCUT2D eigenvalue weighted by Crippen LogP contribution is 2.21. The maximum atomic E-state index is 5.26. The Morgan fingerprint density at radius 2 is 1.80 bits per heavy atom. The molecule has 0 unspecified atom stereocenters. The Hall–Kier alpha value is -2.00. The van der Waals surface area contributed by atoms with E-state index in [1.807, 2.05) is 19.1 Å². The van der Waals surface area contributed by atoms with Crippen molar-refractivity contribution in [2.45, 2.75) is 20.1 Å². The van der Waals surface area contributed by atoms with Gasteiger partial charge in [-0.25, -0.2) is 0 Å². The molecule has 0 atom stereocenters. The summed E-state index contributed by atoms with van der Waals surface area (Å²) in [6, 6.07) is 14.5. The molecule has 0 bridgehead atoms. The number of aryl methyl sites for hydroxylation is 1. The Kier molecular flexibility index (Phi) is 5.02. The number of benzene rings is 2. The molecule has 2 aromatic rings. The van der Waals surface area contributed by atoms with Crippen LogP contribution in [0.4, 0.5) is 5.69 Å². The molecule has 0 radical (unpaired) electrons. The predicted molar refractivity (Wildman–Crippen MR) is 82.2 cm³/mol. The lowest BCUT2D eigenvalue weighted by Gasteiger charge is -2.10. The summed E-state index contributed by atoms with van der Waals surface area (Å²) >= 11 is 0. The quantitative estimate of drug-likeness (QED) is 0.867. The molecule has 3 heteroatoms. The first-order valence-electron chi connectivity index (χ1n) is 6.68. The molecule has 0 amide bonds. The van der Waals surface area contributed by atoms with E-state index in [0.717, 1.165) is 23.5 Å². The van der Waals surface area contributed by atoms with Gasteiger partial charge in [0.05, 0.1) is 13.7 Å². The molecule has 0 aromatic heterocycles. The van der Waals surface area contributed by atoms with Gasteiger partial charge in [0.2, 0.25) is 0 Å². The second-order valence-electron chi connectivity index (χ2n) is 4.79. The molecule has 0 aliphatic heterocycles. The number of ether oxygens (including phenoxy) is 2. The van der Waals surface area contributed by atoms with Crippen molar-refractivity contribution < 1.29 is 9.47 Å². The molecule has 20 heavy (non-hydrogen) atoms. The number of anilines is 1. The van der Waals surface area contributed by atoms with Gasteiger partial charge in [0.15, 0.2) is 0 Å². The van der Waals surface area contributed by atoms with Crippen molar-refractivity contribution in [3.8, 4) is 5.75 Å². The zero-order valence-corrected chi connectivity index (χ0v) is 12.3. The molecule has 0 spiro atoms. The van der Waals surface area contributed by atoms with Crippen LogP contribution in [0.2, 0.25) is 0 Å². The van der Waals surface area contributed by atoms with Crippen LogP contribution in [0.15, 0.2) is 42.5 Å². The van der Waals surface area contributed by atoms with Crippen molar-refractivity contribution in [2.75, 3.05) is 19.5 Å². The minimum Gasteiger partial charge on any atom is -0.496 e. The lowest BCUT2D eigenvalue weighted by atomic mass is 10.1. The average molecular weight is 271 g/mol. The molecule has 0 aliphatic carbocycles. The van der Waals surface area contributed by atoms with Crippen molar-refractivity contribution in [3.63, 3.8) is 0 Å². The summed E-state index contributed by atoms with van der Waals surface area (Å²) in [5.74, 6) is 0.914. The summed E-state index contributed by atoms with van der Waals surface area (Å²) in [6.07, 6.45) is 0. The van der Waals surface area contributed by atoms with Crippen LogP contribution in [-0.2, 0) is 17.9 Å². The monoisotopic (exact) mass is 271 g/mol. The second kappa shape index (κ2) is 6.96. The van der Waals surface area contributed by atoms with Crippen LogP contribution in [0.3, 0.4) is 0 Å². The first kappa shape index (κ1) is 14.4. The lowest BCUT2D eigenvalue weighted by molar-refractivity contribution is 0.185. The second-order valence-corrected chi connectivity index (χ2v) is 4.79. The van der Waals surface area contributed by atoms with E-state index < -0.39 is 0 Å². The maximum absolute atomic E-state index is 5.26. The molecule has 0 saturated heterocycles. The van der Waals surface area contributed by atoms with E-state index >= 15 is 0 Å². The first-order chi connectivity index (χ1) is 9.72. The molecule has 0 aliphatic rings. The third-order valence-electron chi connectivity index (χ3n) is 3.19. The van der Waals surface area contributed by atoms with Gasteiger partial charge in [-0.2, -0.15) is 0 Å². The van der Waals surface area contributed by atoms with Crippen molar-refractivity contribution >= 4 is 5.69 Å². The zero-order chi connectivity index (χ0) is 14.4. The summed E-state index contributed by atoms with van der Waals surface area (Å²) in [6.45, 7) is 3.49. The van der Waals surface area contributed by atoms with Gasteiger partial charge in [-0.05, 0) is 41.8 Å². The van der Waals surface area contributed by atoms with E-state index in [2.05, 4.69) is 35.6 Å². The van der Waals surface area contributed by atoms with E-state index in [1.54, 1.807) is 14.2 Å². The SMILES string of the molecule is COCc1cccc(CNc2ccc(OC)c(C)c2)c1. The van der Waals surface area contributed by atoms with Crippen LogP contribution in [-0.4, -0.2) is 14.2 Å². The molecule has 2 aromatic carbocycles. The Morgan fingerprint density at radius 3 is 2.50 bits per heavy atom. The van der Waals surface area contributed by atoms with Gasteiger partial charge < -0.3 is 14.8 Å². The normalized spacial score (nSPS) is 10.3. The first-order valence-corrected chi connectivity index (χ1v) is 6.68. The van der Waals surface area contributed by atoms with E-state index in [4.69, 9.17) is 9.47 Å². The van der Waals surface area contributed by atoms with Crippen molar-refractivity contribution in [2.24, 2.45) is 0 Å². The van der Waals surface area contributed by atoms with E-state index in [1.165, 1.54) is 11.1 Å². The molecular formula is C17H21NO2. The zero-order valence-electron chi connectivity index (χ0n) is 12.3. The minimum atomic E-state index is 0.648. The maximum Gasteiger partial charge on any atom is 0.121 e. The van der Waals surface area contributed by atoms with E-state index in [0.29, 0.717) is 6.61 Å². The number of methoxy groups -OCH3 is 2. The van der Waals surface area contributed by atoms with Crippen LogP contribution in [0.5, 0.6) is 5.75 Å². The highest BCUT2D eigenvalue weighted by atomic mass is 16.5. The third-order valence-corrected chi connectivity index (χ3v) is 3.19. The van der Waals surface area contributed by atoms with Gasteiger partial charge in [-0.3, -0.25) is 0 Å². The number of nitrogens with one attached hydrogen (secondary N) is 1. The number of hydrogen-bond acceptors (Lipinski definition) is 3. The Balaban J connectivity index is 2.01. The fraction of sp³-hybridized carbons (Fsp3) is 0.294. The molecule has 1 N–H and O–H groups in total. The standard InChI is InChI=1S/C17H21NO2/c1-13-9-16(7-8-17(13)20-3)18-11-14-5-4-6-15(10-14)12-19-2/h4-10,18H,11-12H2,1-3H3. The van der Waals surface area contributed by atoms with Gasteiger partial charge in [0, 0.05) is 19.3 Å². The molecule has 0 saturated carbocycles. The van der Waals surface area contributed by atoms with Gasteiger partial charge in [0.1, 0.15) is 5.75 Å². The topological polar surface area (TPSA) is 30.5 Å². The fourth-order valence-corrected chi connectivity index (χ4v) is 2.19. The molecule has 3 nitrogen and oxygen atoms in total. The third kappa shape index (κ3) is 3.75. The van der Waals surface area contributed by atoms with Gasteiger partial charge in [-0.15, -0.1) is 0 Å².